The number of benzene rings is 1. The molecule has 3 rings (SSSR count). The fraction of sp³-hybridized carbons (Fsp3) is 0.421. The van der Waals surface area contributed by atoms with Gasteiger partial charge in [-0.2, -0.15) is 0 Å². The molecule has 27 heavy (non-hydrogen) atoms. The molecule has 1 aliphatic rings. The minimum atomic E-state index is -0.249. The number of ether oxygens (including phenoxy) is 2. The Morgan fingerprint density at radius 3 is 2.85 bits per heavy atom. The quantitative estimate of drug-likeness (QED) is 0.787. The van der Waals surface area contributed by atoms with Gasteiger partial charge in [0, 0.05) is 23.9 Å². The van der Waals surface area contributed by atoms with E-state index in [-0.39, 0.29) is 24.3 Å². The van der Waals surface area contributed by atoms with E-state index in [0.29, 0.717) is 35.3 Å². The molecule has 2 heterocycles. The SMILES string of the molecule is COc1ccc(OC)c(C(C)NC(=O)Cc2csc(N3CCCC3=O)n2)c1. The number of hydrogen-bond donors (Lipinski definition) is 1. The Hall–Kier alpha value is -2.61. The van der Waals surface area contributed by atoms with Crippen LogP contribution >= 0.6 is 11.3 Å². The normalized spacial score (nSPS) is 14.9. The summed E-state index contributed by atoms with van der Waals surface area (Å²) in [5.74, 6) is 1.34. The number of thiazole rings is 1. The Bertz CT molecular complexity index is 836. The predicted octanol–water partition coefficient (Wildman–Crippen LogP) is 2.71. The third kappa shape index (κ3) is 4.39. The highest BCUT2D eigenvalue weighted by atomic mass is 32.1. The zero-order valence-corrected chi connectivity index (χ0v) is 16.5. The van der Waals surface area contributed by atoms with Crippen LogP contribution in [0.3, 0.4) is 0 Å². The molecule has 0 spiro atoms. The molecule has 1 atom stereocenters. The smallest absolute Gasteiger partial charge is 0.228 e. The minimum Gasteiger partial charge on any atom is -0.497 e. The molecular weight excluding hydrogens is 366 g/mol. The van der Waals surface area contributed by atoms with Crippen molar-refractivity contribution in [3.63, 3.8) is 0 Å². The molecule has 0 radical (unpaired) electrons. The lowest BCUT2D eigenvalue weighted by molar-refractivity contribution is -0.121. The largest absolute Gasteiger partial charge is 0.497 e. The lowest BCUT2D eigenvalue weighted by Crippen LogP contribution is -2.28. The van der Waals surface area contributed by atoms with Crippen LogP contribution in [0.15, 0.2) is 23.6 Å². The van der Waals surface area contributed by atoms with Gasteiger partial charge in [-0.1, -0.05) is 0 Å². The lowest BCUT2D eigenvalue weighted by atomic mass is 10.1. The van der Waals surface area contributed by atoms with Crippen LogP contribution in [-0.2, 0) is 16.0 Å². The van der Waals surface area contributed by atoms with Crippen molar-refractivity contribution >= 4 is 28.3 Å². The standard InChI is InChI=1S/C19H23N3O4S/c1-12(15-10-14(25-2)6-7-16(15)26-3)20-17(23)9-13-11-27-19(21-13)22-8-4-5-18(22)24/h6-7,10-12H,4-5,8-9H2,1-3H3,(H,20,23). The fourth-order valence-electron chi connectivity index (χ4n) is 3.06. The van der Waals surface area contributed by atoms with Crippen molar-refractivity contribution in [2.24, 2.45) is 0 Å². The minimum absolute atomic E-state index is 0.0964. The van der Waals surface area contributed by atoms with Crippen LogP contribution in [0.2, 0.25) is 0 Å². The monoisotopic (exact) mass is 389 g/mol. The molecule has 1 aromatic carbocycles. The van der Waals surface area contributed by atoms with Crippen LogP contribution in [-0.4, -0.2) is 37.6 Å². The summed E-state index contributed by atoms with van der Waals surface area (Å²) in [5.41, 5.74) is 1.50. The maximum Gasteiger partial charge on any atom is 0.228 e. The van der Waals surface area contributed by atoms with E-state index in [2.05, 4.69) is 10.3 Å². The Labute approximate surface area is 162 Å². The molecule has 2 amide bonds. The highest BCUT2D eigenvalue weighted by molar-refractivity contribution is 7.14. The summed E-state index contributed by atoms with van der Waals surface area (Å²) in [5, 5.41) is 5.47. The maximum atomic E-state index is 12.4. The summed E-state index contributed by atoms with van der Waals surface area (Å²) in [6.45, 7) is 2.59. The van der Waals surface area contributed by atoms with Gasteiger partial charge in [0.15, 0.2) is 5.13 Å². The first kappa shape index (κ1) is 19.2. The van der Waals surface area contributed by atoms with E-state index >= 15 is 0 Å². The van der Waals surface area contributed by atoms with E-state index in [1.54, 1.807) is 19.1 Å². The number of carbonyl (C=O) groups excluding carboxylic acids is 2. The fourth-order valence-corrected chi connectivity index (χ4v) is 3.93. The number of amides is 2. The van der Waals surface area contributed by atoms with E-state index in [1.165, 1.54) is 11.3 Å². The van der Waals surface area contributed by atoms with E-state index in [0.717, 1.165) is 12.0 Å². The van der Waals surface area contributed by atoms with Crippen LogP contribution in [0.4, 0.5) is 5.13 Å². The van der Waals surface area contributed by atoms with Gasteiger partial charge in [-0.15, -0.1) is 11.3 Å². The molecule has 0 aliphatic carbocycles. The van der Waals surface area contributed by atoms with E-state index in [1.807, 2.05) is 30.5 Å². The number of rotatable bonds is 7. The van der Waals surface area contributed by atoms with Gasteiger partial charge in [0.25, 0.3) is 0 Å². The Morgan fingerprint density at radius 1 is 1.37 bits per heavy atom. The van der Waals surface area contributed by atoms with Crippen molar-refractivity contribution in [3.05, 3.63) is 34.8 Å². The Balaban J connectivity index is 1.64. The van der Waals surface area contributed by atoms with Gasteiger partial charge in [-0.25, -0.2) is 4.98 Å². The average molecular weight is 389 g/mol. The van der Waals surface area contributed by atoms with Gasteiger partial charge in [-0.3, -0.25) is 14.5 Å². The second kappa shape index (κ2) is 8.39. The van der Waals surface area contributed by atoms with Gasteiger partial charge in [0.2, 0.25) is 11.8 Å². The van der Waals surface area contributed by atoms with Crippen molar-refractivity contribution in [1.82, 2.24) is 10.3 Å². The summed E-state index contributed by atoms with van der Waals surface area (Å²) < 4.78 is 10.6. The van der Waals surface area contributed by atoms with Gasteiger partial charge >= 0.3 is 0 Å². The van der Waals surface area contributed by atoms with Crippen LogP contribution in [0.25, 0.3) is 0 Å². The predicted molar refractivity (Wildman–Crippen MR) is 104 cm³/mol. The molecule has 1 saturated heterocycles. The third-order valence-electron chi connectivity index (χ3n) is 4.47. The molecule has 8 heteroatoms. The molecule has 2 aromatic rings. The zero-order chi connectivity index (χ0) is 19.4. The Morgan fingerprint density at radius 2 is 2.19 bits per heavy atom. The highest BCUT2D eigenvalue weighted by Crippen LogP contribution is 2.29. The van der Waals surface area contributed by atoms with Crippen molar-refractivity contribution in [3.8, 4) is 11.5 Å². The third-order valence-corrected chi connectivity index (χ3v) is 5.38. The number of methoxy groups -OCH3 is 2. The molecule has 0 saturated carbocycles. The molecule has 1 fully saturated rings. The van der Waals surface area contributed by atoms with Gasteiger partial charge in [0.05, 0.1) is 32.4 Å². The number of nitrogens with zero attached hydrogens (tertiary/aromatic N) is 2. The second-order valence-electron chi connectivity index (χ2n) is 6.34. The summed E-state index contributed by atoms with van der Waals surface area (Å²) in [6, 6.07) is 5.23. The summed E-state index contributed by atoms with van der Waals surface area (Å²) in [7, 11) is 3.19. The van der Waals surface area contributed by atoms with Crippen LogP contribution in [0, 0.1) is 0 Å². The molecule has 1 aliphatic heterocycles. The Kier molecular flexibility index (Phi) is 5.95. The van der Waals surface area contributed by atoms with Crippen molar-refractivity contribution < 1.29 is 19.1 Å². The molecular formula is C19H23N3O4S. The molecule has 7 nitrogen and oxygen atoms in total. The van der Waals surface area contributed by atoms with Crippen LogP contribution < -0.4 is 19.7 Å². The van der Waals surface area contributed by atoms with Crippen LogP contribution in [0.5, 0.6) is 11.5 Å². The van der Waals surface area contributed by atoms with E-state index < -0.39 is 0 Å². The maximum absolute atomic E-state index is 12.4. The number of carbonyl (C=O) groups is 2. The van der Waals surface area contributed by atoms with Gasteiger partial charge in [-0.05, 0) is 31.5 Å². The van der Waals surface area contributed by atoms with E-state index in [4.69, 9.17) is 9.47 Å². The van der Waals surface area contributed by atoms with Crippen molar-refractivity contribution in [2.45, 2.75) is 32.2 Å². The molecule has 144 valence electrons. The van der Waals surface area contributed by atoms with Crippen molar-refractivity contribution in [1.29, 1.82) is 0 Å². The average Bonchev–Trinajstić information content (AvgIpc) is 3.29. The topological polar surface area (TPSA) is 80.8 Å². The second-order valence-corrected chi connectivity index (χ2v) is 7.18. The molecule has 1 aromatic heterocycles. The summed E-state index contributed by atoms with van der Waals surface area (Å²) in [6.07, 6.45) is 1.58. The molecule has 1 unspecified atom stereocenters. The number of anilines is 1. The van der Waals surface area contributed by atoms with Gasteiger partial charge < -0.3 is 14.8 Å². The number of nitrogens with one attached hydrogen (secondary N) is 1. The van der Waals surface area contributed by atoms with Crippen molar-refractivity contribution in [2.75, 3.05) is 25.7 Å². The summed E-state index contributed by atoms with van der Waals surface area (Å²) >= 11 is 1.40. The first-order valence-electron chi connectivity index (χ1n) is 8.78. The number of hydrogen-bond acceptors (Lipinski definition) is 6. The highest BCUT2D eigenvalue weighted by Gasteiger charge is 2.24. The molecule has 0 bridgehead atoms. The molecule has 1 N–H and O–H groups in total. The summed E-state index contributed by atoms with van der Waals surface area (Å²) in [4.78, 5) is 30.4. The first-order chi connectivity index (χ1) is 13.0. The van der Waals surface area contributed by atoms with E-state index in [9.17, 15) is 9.59 Å². The lowest BCUT2D eigenvalue weighted by Gasteiger charge is -2.18. The first-order valence-corrected chi connectivity index (χ1v) is 9.66. The van der Waals surface area contributed by atoms with Crippen LogP contribution in [0.1, 0.15) is 37.1 Å². The zero-order valence-electron chi connectivity index (χ0n) is 15.7. The number of aromatic nitrogens is 1. The van der Waals surface area contributed by atoms with Gasteiger partial charge in [0.1, 0.15) is 11.5 Å².